The Morgan fingerprint density at radius 3 is 1.40 bits per heavy atom. The molecule has 0 spiro atoms. The summed E-state index contributed by atoms with van der Waals surface area (Å²) in [5, 5.41) is 17.9. The number of hydrogen-bond donors (Lipinski definition) is 0. The Bertz CT molecular complexity index is 178. The van der Waals surface area contributed by atoms with Crippen molar-refractivity contribution in [2.45, 2.75) is 32.1 Å². The topological polar surface area (TPSA) is 105 Å². The Hall–Kier alpha value is -1.60. The molecule has 0 aliphatic heterocycles. The summed E-state index contributed by atoms with van der Waals surface area (Å²) in [6.07, 6.45) is 3.73. The molecule has 0 aromatic rings. The van der Waals surface area contributed by atoms with Gasteiger partial charge >= 0.3 is 0 Å². The Labute approximate surface area is 86.4 Å². The Morgan fingerprint density at radius 2 is 1.07 bits per heavy atom. The van der Waals surface area contributed by atoms with Gasteiger partial charge in [0, 0.05) is 0 Å². The highest BCUT2D eigenvalue weighted by atomic mass is 17.0. The standard InChI is InChI=1S/C7H14N2O6/c10-8(11)14-6-4-2-1-3-5-7-15-9(12)13/h1-7H2. The summed E-state index contributed by atoms with van der Waals surface area (Å²) in [6, 6.07) is 0. The number of unbranched alkanes of at least 4 members (excludes halogenated alkanes) is 4. The second-order valence-electron chi connectivity index (χ2n) is 2.88. The van der Waals surface area contributed by atoms with Crippen LogP contribution in [0.4, 0.5) is 0 Å². The first kappa shape index (κ1) is 13.4. The van der Waals surface area contributed by atoms with Gasteiger partial charge in [-0.2, -0.15) is 0 Å². The largest absolute Gasteiger partial charge is 0.314 e. The van der Waals surface area contributed by atoms with Gasteiger partial charge in [-0.05, 0) is 12.8 Å². The van der Waals surface area contributed by atoms with Crippen molar-refractivity contribution in [3.63, 3.8) is 0 Å². The van der Waals surface area contributed by atoms with Crippen LogP contribution in [0.1, 0.15) is 32.1 Å². The van der Waals surface area contributed by atoms with Gasteiger partial charge in [-0.15, -0.1) is 20.2 Å². The lowest BCUT2D eigenvalue weighted by Gasteiger charge is -2.00. The fourth-order valence-electron chi connectivity index (χ4n) is 1.01. The molecule has 0 bridgehead atoms. The van der Waals surface area contributed by atoms with E-state index in [1.807, 2.05) is 0 Å². The highest BCUT2D eigenvalue weighted by molar-refractivity contribution is 4.42. The van der Waals surface area contributed by atoms with E-state index in [9.17, 15) is 20.2 Å². The Kier molecular flexibility index (Phi) is 8.02. The normalized spacial score (nSPS) is 9.60. The summed E-state index contributed by atoms with van der Waals surface area (Å²) in [5.74, 6) is 0. The van der Waals surface area contributed by atoms with E-state index in [0.29, 0.717) is 12.8 Å². The molecule has 88 valence electrons. The molecular weight excluding hydrogens is 208 g/mol. The maximum absolute atomic E-state index is 9.74. The summed E-state index contributed by atoms with van der Waals surface area (Å²) in [6.45, 7) is 0.219. The van der Waals surface area contributed by atoms with Crippen LogP contribution in [0, 0.1) is 20.2 Å². The molecule has 0 fully saturated rings. The van der Waals surface area contributed by atoms with Crippen LogP contribution in [0.3, 0.4) is 0 Å². The van der Waals surface area contributed by atoms with E-state index in [4.69, 9.17) is 0 Å². The summed E-state index contributed by atoms with van der Waals surface area (Å²) in [7, 11) is 0. The quantitative estimate of drug-likeness (QED) is 0.314. The zero-order valence-electron chi connectivity index (χ0n) is 8.29. The van der Waals surface area contributed by atoms with E-state index in [1.165, 1.54) is 0 Å². The summed E-state index contributed by atoms with van der Waals surface area (Å²) in [4.78, 5) is 27.7. The molecular formula is C7H14N2O6. The maximum atomic E-state index is 9.74. The Balaban J connectivity index is 2.99. The third-order valence-corrected chi connectivity index (χ3v) is 1.68. The summed E-state index contributed by atoms with van der Waals surface area (Å²) < 4.78 is 0. The van der Waals surface area contributed by atoms with Crippen LogP contribution >= 0.6 is 0 Å². The van der Waals surface area contributed by atoms with Gasteiger partial charge in [-0.1, -0.05) is 19.3 Å². The van der Waals surface area contributed by atoms with E-state index in [2.05, 4.69) is 9.68 Å². The van der Waals surface area contributed by atoms with Crippen molar-refractivity contribution in [3.05, 3.63) is 20.2 Å². The second-order valence-corrected chi connectivity index (χ2v) is 2.88. The van der Waals surface area contributed by atoms with Crippen molar-refractivity contribution in [2.24, 2.45) is 0 Å². The zero-order valence-corrected chi connectivity index (χ0v) is 8.29. The molecule has 8 heteroatoms. The van der Waals surface area contributed by atoms with Gasteiger partial charge in [-0.3, -0.25) is 0 Å². The number of hydrogen-bond acceptors (Lipinski definition) is 6. The first-order valence-electron chi connectivity index (χ1n) is 4.67. The lowest BCUT2D eigenvalue weighted by atomic mass is 10.1. The van der Waals surface area contributed by atoms with Gasteiger partial charge < -0.3 is 9.68 Å². The summed E-state index contributed by atoms with van der Waals surface area (Å²) in [5.41, 5.74) is 0. The average molecular weight is 222 g/mol. The Morgan fingerprint density at radius 1 is 0.733 bits per heavy atom. The molecule has 0 aromatic heterocycles. The van der Waals surface area contributed by atoms with Crippen LogP contribution in [-0.4, -0.2) is 23.4 Å². The van der Waals surface area contributed by atoms with E-state index >= 15 is 0 Å². The smallest absolute Gasteiger partial charge is 0.294 e. The van der Waals surface area contributed by atoms with Crippen LogP contribution in [-0.2, 0) is 9.68 Å². The molecule has 0 amide bonds. The van der Waals surface area contributed by atoms with Crippen LogP contribution in [0.25, 0.3) is 0 Å². The van der Waals surface area contributed by atoms with Crippen LogP contribution in [0.5, 0.6) is 0 Å². The highest BCUT2D eigenvalue weighted by Crippen LogP contribution is 2.03. The van der Waals surface area contributed by atoms with Crippen molar-refractivity contribution >= 4 is 0 Å². The maximum Gasteiger partial charge on any atom is 0.294 e. The van der Waals surface area contributed by atoms with E-state index < -0.39 is 10.2 Å². The molecule has 0 saturated carbocycles. The predicted molar refractivity (Wildman–Crippen MR) is 49.0 cm³/mol. The van der Waals surface area contributed by atoms with Gasteiger partial charge in [0.15, 0.2) is 0 Å². The molecule has 15 heavy (non-hydrogen) atoms. The first-order valence-corrected chi connectivity index (χ1v) is 4.67. The fraction of sp³-hybridized carbons (Fsp3) is 1.00. The summed E-state index contributed by atoms with van der Waals surface area (Å²) >= 11 is 0. The zero-order chi connectivity index (χ0) is 11.5. The SMILES string of the molecule is O=[N+]([O-])OCCCCCCCO[N+](=O)[O-]. The second kappa shape index (κ2) is 8.97. The number of nitrogens with zero attached hydrogens (tertiary/aromatic N) is 2. The molecule has 0 N–H and O–H groups in total. The molecule has 0 radical (unpaired) electrons. The lowest BCUT2D eigenvalue weighted by Crippen LogP contribution is -2.03. The minimum absolute atomic E-state index is 0.110. The lowest BCUT2D eigenvalue weighted by molar-refractivity contribution is -0.758. The minimum Gasteiger partial charge on any atom is -0.314 e. The molecule has 0 aromatic carbocycles. The molecule has 0 rings (SSSR count). The molecule has 0 heterocycles. The van der Waals surface area contributed by atoms with E-state index in [1.54, 1.807) is 0 Å². The van der Waals surface area contributed by atoms with Gasteiger partial charge in [0.25, 0.3) is 10.2 Å². The van der Waals surface area contributed by atoms with Gasteiger partial charge in [0.05, 0.1) is 13.2 Å². The molecule has 0 atom stereocenters. The predicted octanol–water partition coefficient (Wildman–Crippen LogP) is 1.35. The van der Waals surface area contributed by atoms with Crippen LogP contribution in [0.15, 0.2) is 0 Å². The third kappa shape index (κ3) is 12.4. The van der Waals surface area contributed by atoms with Gasteiger partial charge in [0.2, 0.25) is 0 Å². The molecule has 8 nitrogen and oxygen atoms in total. The van der Waals surface area contributed by atoms with Crippen molar-refractivity contribution in [2.75, 3.05) is 13.2 Å². The molecule has 0 saturated heterocycles. The van der Waals surface area contributed by atoms with Crippen molar-refractivity contribution in [1.82, 2.24) is 0 Å². The first-order chi connectivity index (χ1) is 7.13. The van der Waals surface area contributed by atoms with Gasteiger partial charge in [-0.25, -0.2) is 0 Å². The molecule has 0 aliphatic rings. The fourth-order valence-corrected chi connectivity index (χ4v) is 1.01. The van der Waals surface area contributed by atoms with Crippen LogP contribution in [0.2, 0.25) is 0 Å². The average Bonchev–Trinajstić information content (AvgIpc) is 2.14. The molecule has 0 unspecified atom stereocenters. The monoisotopic (exact) mass is 222 g/mol. The van der Waals surface area contributed by atoms with Crippen LogP contribution < -0.4 is 0 Å². The molecule has 0 aliphatic carbocycles. The number of rotatable bonds is 10. The van der Waals surface area contributed by atoms with E-state index in [-0.39, 0.29) is 13.2 Å². The highest BCUT2D eigenvalue weighted by Gasteiger charge is 1.96. The van der Waals surface area contributed by atoms with Crippen molar-refractivity contribution in [3.8, 4) is 0 Å². The van der Waals surface area contributed by atoms with Crippen molar-refractivity contribution < 1.29 is 19.8 Å². The van der Waals surface area contributed by atoms with Gasteiger partial charge in [0.1, 0.15) is 0 Å². The van der Waals surface area contributed by atoms with E-state index in [0.717, 1.165) is 19.3 Å². The minimum atomic E-state index is -0.815. The van der Waals surface area contributed by atoms with Crippen molar-refractivity contribution in [1.29, 1.82) is 0 Å². The third-order valence-electron chi connectivity index (χ3n) is 1.68.